The van der Waals surface area contributed by atoms with E-state index in [9.17, 15) is 13.2 Å². The molecule has 2 aromatic carbocycles. The highest BCUT2D eigenvalue weighted by Crippen LogP contribution is 2.34. The van der Waals surface area contributed by atoms with E-state index in [-0.39, 0.29) is 0 Å². The fourth-order valence-corrected chi connectivity index (χ4v) is 3.57. The number of sulfonamides is 1. The molecule has 0 radical (unpaired) electrons. The Bertz CT molecular complexity index is 800. The van der Waals surface area contributed by atoms with Crippen molar-refractivity contribution < 1.29 is 13.2 Å². The van der Waals surface area contributed by atoms with Gasteiger partial charge in [0.05, 0.1) is 6.26 Å². The maximum absolute atomic E-state index is 12.0. The monoisotopic (exact) mass is 349 g/mol. The molecule has 23 heavy (non-hydrogen) atoms. The van der Waals surface area contributed by atoms with Gasteiger partial charge in [0.15, 0.2) is 0 Å². The first-order chi connectivity index (χ1) is 10.8. The Morgan fingerprint density at radius 3 is 2.30 bits per heavy atom. The Balaban J connectivity index is 2.44. The summed E-state index contributed by atoms with van der Waals surface area (Å²) in [5, 5.41) is 0.339. The summed E-state index contributed by atoms with van der Waals surface area (Å²) in [4.78, 5) is 13.0. The largest absolute Gasteiger partial charge is 0.268 e. The van der Waals surface area contributed by atoms with Gasteiger partial charge in [0.1, 0.15) is 0 Å². The second-order valence-corrected chi connectivity index (χ2v) is 8.81. The molecular weight excluding hydrogens is 330 g/mol. The lowest BCUT2D eigenvalue weighted by Gasteiger charge is -2.13. The second-order valence-electron chi connectivity index (χ2n) is 5.45. The molecule has 0 spiro atoms. The zero-order valence-corrected chi connectivity index (χ0v) is 14.9. The normalized spacial score (nSPS) is 11.5. The predicted molar refractivity (Wildman–Crippen MR) is 95.2 cm³/mol. The predicted octanol–water partition coefficient (Wildman–Crippen LogP) is 3.54. The third-order valence-electron chi connectivity index (χ3n) is 2.97. The van der Waals surface area contributed by atoms with Crippen LogP contribution in [0.5, 0.6) is 0 Å². The Hall–Kier alpha value is -1.79. The van der Waals surface area contributed by atoms with Gasteiger partial charge in [-0.1, -0.05) is 50.2 Å². The molecule has 122 valence electrons. The standard InChI is InChI=1S/C17H19NO3S2/c1-12(2)22-16-11-14(17(19)18-23(3,20)21)9-10-15(16)13-7-5-4-6-8-13/h4-12H,1-3H3,(H,18,19). The highest BCUT2D eigenvalue weighted by molar-refractivity contribution is 8.00. The van der Waals surface area contributed by atoms with Crippen molar-refractivity contribution in [2.45, 2.75) is 24.0 Å². The van der Waals surface area contributed by atoms with Gasteiger partial charge in [0.2, 0.25) is 10.0 Å². The van der Waals surface area contributed by atoms with E-state index < -0.39 is 15.9 Å². The Labute approximate surface area is 141 Å². The average Bonchev–Trinajstić information content (AvgIpc) is 2.45. The van der Waals surface area contributed by atoms with Gasteiger partial charge < -0.3 is 0 Å². The minimum Gasteiger partial charge on any atom is -0.268 e. The van der Waals surface area contributed by atoms with Gasteiger partial charge in [-0.05, 0) is 23.3 Å². The number of carbonyl (C=O) groups is 1. The zero-order chi connectivity index (χ0) is 17.0. The molecule has 0 aliphatic heterocycles. The van der Waals surface area contributed by atoms with Crippen molar-refractivity contribution >= 4 is 27.7 Å². The summed E-state index contributed by atoms with van der Waals surface area (Å²) in [6.45, 7) is 4.14. The van der Waals surface area contributed by atoms with E-state index in [0.29, 0.717) is 10.8 Å². The van der Waals surface area contributed by atoms with Crippen molar-refractivity contribution in [1.29, 1.82) is 0 Å². The maximum Gasteiger partial charge on any atom is 0.264 e. The van der Waals surface area contributed by atoms with Gasteiger partial charge >= 0.3 is 0 Å². The van der Waals surface area contributed by atoms with Crippen LogP contribution in [0.4, 0.5) is 0 Å². The molecule has 0 bridgehead atoms. The molecule has 0 saturated carbocycles. The van der Waals surface area contributed by atoms with E-state index in [4.69, 9.17) is 0 Å². The third-order valence-corrected chi connectivity index (χ3v) is 4.59. The number of rotatable bonds is 5. The van der Waals surface area contributed by atoms with Gasteiger partial charge in [-0.15, -0.1) is 11.8 Å². The first kappa shape index (κ1) is 17.6. The Morgan fingerprint density at radius 2 is 1.74 bits per heavy atom. The lowest BCUT2D eigenvalue weighted by atomic mass is 10.0. The first-order valence-electron chi connectivity index (χ1n) is 7.14. The molecule has 2 rings (SSSR count). The summed E-state index contributed by atoms with van der Waals surface area (Å²) in [6, 6.07) is 15.1. The summed E-state index contributed by atoms with van der Waals surface area (Å²) in [5.41, 5.74) is 2.42. The van der Waals surface area contributed by atoms with Crippen LogP contribution in [0.3, 0.4) is 0 Å². The van der Waals surface area contributed by atoms with Crippen molar-refractivity contribution in [3.8, 4) is 11.1 Å². The lowest BCUT2D eigenvalue weighted by Crippen LogP contribution is -2.29. The highest BCUT2D eigenvalue weighted by Gasteiger charge is 2.15. The van der Waals surface area contributed by atoms with Gasteiger partial charge in [-0.3, -0.25) is 4.79 Å². The zero-order valence-electron chi connectivity index (χ0n) is 13.2. The molecule has 1 N–H and O–H groups in total. The van der Waals surface area contributed by atoms with Crippen LogP contribution in [0.25, 0.3) is 11.1 Å². The Kier molecular flexibility index (Phi) is 5.49. The fourth-order valence-electron chi connectivity index (χ4n) is 2.10. The number of benzene rings is 2. The van der Waals surface area contributed by atoms with Gasteiger partial charge in [-0.25, -0.2) is 13.1 Å². The van der Waals surface area contributed by atoms with Crippen LogP contribution in [0.15, 0.2) is 53.4 Å². The molecule has 1 amide bonds. The Morgan fingerprint density at radius 1 is 1.09 bits per heavy atom. The number of hydrogen-bond donors (Lipinski definition) is 1. The molecular formula is C17H19NO3S2. The van der Waals surface area contributed by atoms with Crippen LogP contribution < -0.4 is 4.72 Å². The van der Waals surface area contributed by atoms with Crippen molar-refractivity contribution in [2.75, 3.05) is 6.26 Å². The van der Waals surface area contributed by atoms with Crippen LogP contribution in [0.1, 0.15) is 24.2 Å². The molecule has 0 unspecified atom stereocenters. The van der Waals surface area contributed by atoms with E-state index in [1.54, 1.807) is 23.9 Å². The van der Waals surface area contributed by atoms with Crippen LogP contribution in [-0.4, -0.2) is 25.8 Å². The highest BCUT2D eigenvalue weighted by atomic mass is 32.2. The molecule has 0 aromatic heterocycles. The molecule has 4 nitrogen and oxygen atoms in total. The van der Waals surface area contributed by atoms with Crippen LogP contribution in [-0.2, 0) is 10.0 Å². The van der Waals surface area contributed by atoms with Crippen molar-refractivity contribution in [3.63, 3.8) is 0 Å². The van der Waals surface area contributed by atoms with E-state index in [0.717, 1.165) is 22.3 Å². The van der Waals surface area contributed by atoms with Crippen molar-refractivity contribution in [3.05, 3.63) is 54.1 Å². The molecule has 2 aromatic rings. The summed E-state index contributed by atoms with van der Waals surface area (Å²) >= 11 is 1.64. The van der Waals surface area contributed by atoms with E-state index in [1.165, 1.54) is 0 Å². The van der Waals surface area contributed by atoms with E-state index in [2.05, 4.69) is 13.8 Å². The average molecular weight is 349 g/mol. The number of carbonyl (C=O) groups excluding carboxylic acids is 1. The summed E-state index contributed by atoms with van der Waals surface area (Å²) in [7, 11) is -3.58. The molecule has 0 heterocycles. The smallest absolute Gasteiger partial charge is 0.264 e. The summed E-state index contributed by atoms with van der Waals surface area (Å²) < 4.78 is 24.5. The second kappa shape index (κ2) is 7.19. The van der Waals surface area contributed by atoms with Gasteiger partial charge in [0.25, 0.3) is 5.91 Å². The van der Waals surface area contributed by atoms with E-state index >= 15 is 0 Å². The lowest BCUT2D eigenvalue weighted by molar-refractivity contribution is 0.0981. The fraction of sp³-hybridized carbons (Fsp3) is 0.235. The number of amides is 1. The minimum atomic E-state index is -3.58. The van der Waals surface area contributed by atoms with Crippen LogP contribution in [0.2, 0.25) is 0 Å². The molecule has 0 saturated heterocycles. The van der Waals surface area contributed by atoms with Crippen molar-refractivity contribution in [2.24, 2.45) is 0 Å². The summed E-state index contributed by atoms with van der Waals surface area (Å²) in [6.07, 6.45) is 0.965. The first-order valence-corrected chi connectivity index (χ1v) is 9.91. The van der Waals surface area contributed by atoms with Gasteiger partial charge in [-0.2, -0.15) is 0 Å². The van der Waals surface area contributed by atoms with Crippen molar-refractivity contribution in [1.82, 2.24) is 4.72 Å². The molecule has 0 fully saturated rings. The molecule has 0 atom stereocenters. The summed E-state index contributed by atoms with van der Waals surface area (Å²) in [5.74, 6) is -0.613. The molecule has 0 aliphatic carbocycles. The quantitative estimate of drug-likeness (QED) is 0.839. The van der Waals surface area contributed by atoms with Gasteiger partial charge in [0, 0.05) is 15.7 Å². The third kappa shape index (κ3) is 5.11. The van der Waals surface area contributed by atoms with Crippen LogP contribution >= 0.6 is 11.8 Å². The number of nitrogens with one attached hydrogen (secondary N) is 1. The minimum absolute atomic E-state index is 0.332. The van der Waals surface area contributed by atoms with Crippen LogP contribution in [0, 0.1) is 0 Å². The SMILES string of the molecule is CC(C)Sc1cc(C(=O)NS(C)(=O)=O)ccc1-c1ccccc1. The number of thioether (sulfide) groups is 1. The molecule has 0 aliphatic rings. The number of hydrogen-bond acceptors (Lipinski definition) is 4. The topological polar surface area (TPSA) is 63.2 Å². The maximum atomic E-state index is 12.0. The van der Waals surface area contributed by atoms with E-state index in [1.807, 2.05) is 41.1 Å². The molecule has 6 heteroatoms.